The molecule has 1 unspecified atom stereocenters. The van der Waals surface area contributed by atoms with Gasteiger partial charge >= 0.3 is 0 Å². The molecule has 0 radical (unpaired) electrons. The summed E-state index contributed by atoms with van der Waals surface area (Å²) in [6.45, 7) is 0. The van der Waals surface area contributed by atoms with Crippen molar-refractivity contribution < 1.29 is 0 Å². The highest BCUT2D eigenvalue weighted by molar-refractivity contribution is 8.16. The van der Waals surface area contributed by atoms with Crippen molar-refractivity contribution in [3.8, 4) is 0 Å². The fraction of sp³-hybridized carbons (Fsp3) is 0.0625. The Morgan fingerprint density at radius 3 is 2.63 bits per heavy atom. The average molecular weight is 264 g/mol. The summed E-state index contributed by atoms with van der Waals surface area (Å²) in [7, 11) is 0. The highest BCUT2D eigenvalue weighted by Crippen LogP contribution is 2.43. The molecule has 92 valence electrons. The van der Waals surface area contributed by atoms with E-state index in [4.69, 9.17) is 4.99 Å². The van der Waals surface area contributed by atoms with E-state index in [1.165, 1.54) is 11.1 Å². The molecule has 1 atom stereocenters. The maximum Gasteiger partial charge on any atom is 0.173 e. The van der Waals surface area contributed by atoms with Gasteiger partial charge in [0.05, 0.1) is 11.7 Å². The molecule has 0 fully saturated rings. The number of aliphatic imine (C=N–C) groups is 1. The summed E-state index contributed by atoms with van der Waals surface area (Å²) in [6.07, 6.45) is 2.12. The summed E-state index contributed by atoms with van der Waals surface area (Å²) in [5, 5.41) is 3.16. The molecule has 3 heteroatoms. The Morgan fingerprint density at radius 2 is 1.74 bits per heavy atom. The Bertz CT molecular complexity index is 676. The van der Waals surface area contributed by atoms with Crippen LogP contribution in [0.5, 0.6) is 0 Å². The first-order valence-corrected chi connectivity index (χ1v) is 7.16. The number of benzene rings is 2. The fourth-order valence-corrected chi connectivity index (χ4v) is 3.36. The highest BCUT2D eigenvalue weighted by atomic mass is 32.2. The molecule has 2 aliphatic rings. The molecule has 4 rings (SSSR count). The fourth-order valence-electron chi connectivity index (χ4n) is 2.61. The van der Waals surface area contributed by atoms with Gasteiger partial charge in [0.1, 0.15) is 0 Å². The largest absolute Gasteiger partial charge is 0.315 e. The minimum absolute atomic E-state index is 0.233. The average Bonchev–Trinajstić information content (AvgIpc) is 2.93. The Morgan fingerprint density at radius 1 is 0.947 bits per heavy atom. The van der Waals surface area contributed by atoms with Crippen LogP contribution in [-0.2, 0) is 0 Å². The monoisotopic (exact) mass is 264 g/mol. The van der Waals surface area contributed by atoms with Gasteiger partial charge in [0.15, 0.2) is 5.17 Å². The molecule has 19 heavy (non-hydrogen) atoms. The summed E-state index contributed by atoms with van der Waals surface area (Å²) < 4.78 is 0. The molecular weight excluding hydrogens is 252 g/mol. The zero-order valence-corrected chi connectivity index (χ0v) is 11.0. The van der Waals surface area contributed by atoms with Crippen LogP contribution in [0.3, 0.4) is 0 Å². The van der Waals surface area contributed by atoms with Crippen LogP contribution in [0, 0.1) is 0 Å². The topological polar surface area (TPSA) is 15.6 Å². The van der Waals surface area contributed by atoms with Crippen molar-refractivity contribution in [2.45, 2.75) is 6.04 Å². The molecule has 2 aliphatic heterocycles. The van der Waals surface area contributed by atoms with Crippen molar-refractivity contribution in [2.75, 3.05) is 0 Å². The highest BCUT2D eigenvalue weighted by Gasteiger charge is 2.31. The molecule has 0 amide bonds. The number of nitrogens with zero attached hydrogens (tertiary/aromatic N) is 2. The molecule has 0 aliphatic carbocycles. The second-order valence-electron chi connectivity index (χ2n) is 4.58. The number of thioether (sulfide) groups is 1. The second-order valence-corrected chi connectivity index (χ2v) is 5.45. The van der Waals surface area contributed by atoms with Gasteiger partial charge in [0.2, 0.25) is 0 Å². The molecule has 0 spiro atoms. The Hall–Kier alpha value is -2.00. The molecule has 2 aromatic rings. The zero-order valence-electron chi connectivity index (χ0n) is 10.2. The second kappa shape index (κ2) is 4.28. The first-order valence-electron chi connectivity index (χ1n) is 6.28. The molecule has 2 heterocycles. The first kappa shape index (κ1) is 10.9. The van der Waals surface area contributed by atoms with Crippen molar-refractivity contribution >= 4 is 22.6 Å². The normalized spacial score (nSPS) is 19.9. The lowest BCUT2D eigenvalue weighted by atomic mass is 9.95. The van der Waals surface area contributed by atoms with Crippen LogP contribution < -0.4 is 0 Å². The van der Waals surface area contributed by atoms with Gasteiger partial charge in [0, 0.05) is 11.8 Å². The van der Waals surface area contributed by atoms with Gasteiger partial charge < -0.3 is 4.90 Å². The van der Waals surface area contributed by atoms with Crippen LogP contribution in [0.25, 0.3) is 0 Å². The summed E-state index contributed by atoms with van der Waals surface area (Å²) >= 11 is 1.68. The van der Waals surface area contributed by atoms with E-state index in [9.17, 15) is 0 Å². The maximum atomic E-state index is 4.73. The SMILES string of the molecule is C1=CN2C(=Nc3ccccc3C2c2ccccc2)S1. The van der Waals surface area contributed by atoms with Crippen molar-refractivity contribution in [3.05, 3.63) is 77.3 Å². The van der Waals surface area contributed by atoms with E-state index < -0.39 is 0 Å². The number of rotatable bonds is 1. The van der Waals surface area contributed by atoms with E-state index in [1.54, 1.807) is 11.8 Å². The molecule has 0 bridgehead atoms. The predicted molar refractivity (Wildman–Crippen MR) is 80.4 cm³/mol. The number of hydrogen-bond acceptors (Lipinski definition) is 3. The Balaban J connectivity index is 1.93. The van der Waals surface area contributed by atoms with Crippen molar-refractivity contribution in [1.29, 1.82) is 0 Å². The smallest absolute Gasteiger partial charge is 0.173 e. The Kier molecular flexibility index (Phi) is 2.45. The number of fused-ring (bicyclic) bond motifs is 2. The van der Waals surface area contributed by atoms with Gasteiger partial charge in [-0.25, -0.2) is 4.99 Å². The van der Waals surface area contributed by atoms with Crippen LogP contribution in [0.15, 0.2) is 71.2 Å². The van der Waals surface area contributed by atoms with Crippen LogP contribution in [0.1, 0.15) is 17.2 Å². The standard InChI is InChI=1S/C16H12N2S/c1-2-6-12(7-3-1)15-13-8-4-5-9-14(13)17-16-18(15)10-11-19-16/h1-11,15H. The van der Waals surface area contributed by atoms with E-state index in [0.717, 1.165) is 10.9 Å². The van der Waals surface area contributed by atoms with E-state index in [0.29, 0.717) is 0 Å². The van der Waals surface area contributed by atoms with Gasteiger partial charge in [-0.3, -0.25) is 0 Å². The van der Waals surface area contributed by atoms with Crippen LogP contribution in [-0.4, -0.2) is 10.1 Å². The lowest BCUT2D eigenvalue weighted by Crippen LogP contribution is -2.29. The van der Waals surface area contributed by atoms with Gasteiger partial charge in [0.25, 0.3) is 0 Å². The molecular formula is C16H12N2S. The summed E-state index contributed by atoms with van der Waals surface area (Å²) in [4.78, 5) is 6.98. The minimum atomic E-state index is 0.233. The summed E-state index contributed by atoms with van der Waals surface area (Å²) in [5.41, 5.74) is 3.65. The third-order valence-corrected chi connectivity index (χ3v) is 4.23. The number of amidine groups is 1. The molecule has 0 aromatic heterocycles. The van der Waals surface area contributed by atoms with Crippen molar-refractivity contribution in [1.82, 2.24) is 4.90 Å². The van der Waals surface area contributed by atoms with Crippen molar-refractivity contribution in [2.24, 2.45) is 4.99 Å². The predicted octanol–water partition coefficient (Wildman–Crippen LogP) is 4.30. The third kappa shape index (κ3) is 1.70. The van der Waals surface area contributed by atoms with E-state index in [-0.39, 0.29) is 6.04 Å². The van der Waals surface area contributed by atoms with Gasteiger partial charge in [-0.15, -0.1) is 0 Å². The quantitative estimate of drug-likeness (QED) is 0.763. The Labute approximate surface area is 116 Å². The van der Waals surface area contributed by atoms with Crippen LogP contribution in [0.2, 0.25) is 0 Å². The molecule has 2 nitrogen and oxygen atoms in total. The summed E-state index contributed by atoms with van der Waals surface area (Å²) in [5.74, 6) is 0. The molecule has 0 saturated carbocycles. The van der Waals surface area contributed by atoms with E-state index >= 15 is 0 Å². The van der Waals surface area contributed by atoms with Gasteiger partial charge in [-0.1, -0.05) is 60.3 Å². The third-order valence-electron chi connectivity index (χ3n) is 3.46. The molecule has 0 saturated heterocycles. The number of para-hydroxylation sites is 1. The lowest BCUT2D eigenvalue weighted by molar-refractivity contribution is 0.476. The minimum Gasteiger partial charge on any atom is -0.315 e. The van der Waals surface area contributed by atoms with Crippen molar-refractivity contribution in [3.63, 3.8) is 0 Å². The first-order chi connectivity index (χ1) is 9.43. The number of hydrogen-bond donors (Lipinski definition) is 0. The summed E-state index contributed by atoms with van der Waals surface area (Å²) in [6, 6.07) is 19.2. The lowest BCUT2D eigenvalue weighted by Gasteiger charge is -2.33. The van der Waals surface area contributed by atoms with Gasteiger partial charge in [-0.05, 0) is 17.0 Å². The van der Waals surface area contributed by atoms with Gasteiger partial charge in [-0.2, -0.15) is 0 Å². The van der Waals surface area contributed by atoms with Crippen LogP contribution in [0.4, 0.5) is 5.69 Å². The van der Waals surface area contributed by atoms with E-state index in [1.807, 2.05) is 6.07 Å². The van der Waals surface area contributed by atoms with Crippen LogP contribution >= 0.6 is 11.8 Å². The maximum absolute atomic E-state index is 4.73. The molecule has 2 aromatic carbocycles. The molecule has 0 N–H and O–H groups in total. The van der Waals surface area contributed by atoms with E-state index in [2.05, 4.69) is 65.0 Å². The zero-order chi connectivity index (χ0) is 12.7.